The zero-order valence-electron chi connectivity index (χ0n) is 15.7. The van der Waals surface area contributed by atoms with Crippen LogP contribution in [0.25, 0.3) is 6.08 Å². The van der Waals surface area contributed by atoms with E-state index in [4.69, 9.17) is 9.47 Å². The maximum atomic E-state index is 13.2. The van der Waals surface area contributed by atoms with Crippen molar-refractivity contribution in [3.8, 4) is 5.75 Å². The Morgan fingerprint density at radius 2 is 1.70 bits per heavy atom. The van der Waals surface area contributed by atoms with E-state index >= 15 is 0 Å². The molecule has 0 aliphatic heterocycles. The number of carbonyl (C=O) groups is 1. The maximum absolute atomic E-state index is 13.2. The lowest BCUT2D eigenvalue weighted by Crippen LogP contribution is -2.44. The van der Waals surface area contributed by atoms with Crippen LogP contribution in [-0.4, -0.2) is 32.9 Å². The number of sulfone groups is 1. The van der Waals surface area contributed by atoms with E-state index in [1.807, 2.05) is 30.3 Å². The summed E-state index contributed by atoms with van der Waals surface area (Å²) in [6, 6.07) is 15.5. The molecule has 2 aromatic rings. The molecule has 0 aliphatic carbocycles. The summed E-state index contributed by atoms with van der Waals surface area (Å²) in [5.41, 5.74) is 0.922. The number of carbonyl (C=O) groups excluding carboxylic acids is 1. The highest BCUT2D eigenvalue weighted by Gasteiger charge is 2.47. The van der Waals surface area contributed by atoms with Crippen LogP contribution < -0.4 is 4.74 Å². The van der Waals surface area contributed by atoms with E-state index in [9.17, 15) is 13.2 Å². The Morgan fingerprint density at radius 1 is 1.07 bits per heavy atom. The second-order valence-corrected chi connectivity index (χ2v) is 8.53. The van der Waals surface area contributed by atoms with Crippen LogP contribution in [0.1, 0.15) is 25.8 Å². The number of methoxy groups -OCH3 is 1. The zero-order valence-corrected chi connectivity index (χ0v) is 16.5. The first kappa shape index (κ1) is 20.7. The molecule has 1 unspecified atom stereocenters. The van der Waals surface area contributed by atoms with Crippen molar-refractivity contribution in [2.24, 2.45) is 0 Å². The van der Waals surface area contributed by atoms with E-state index in [2.05, 4.69) is 0 Å². The summed E-state index contributed by atoms with van der Waals surface area (Å²) in [7, 11) is -2.48. The number of allylic oxidation sites excluding steroid dienone is 1. The quantitative estimate of drug-likeness (QED) is 0.642. The monoisotopic (exact) mass is 388 g/mol. The molecule has 5 nitrogen and oxygen atoms in total. The second-order valence-electron chi connectivity index (χ2n) is 6.15. The molecule has 0 aliphatic rings. The molecule has 27 heavy (non-hydrogen) atoms. The molecular weight excluding hydrogens is 364 g/mol. The first-order valence-electron chi connectivity index (χ1n) is 8.62. The van der Waals surface area contributed by atoms with Crippen LogP contribution in [0.4, 0.5) is 0 Å². The van der Waals surface area contributed by atoms with Crippen molar-refractivity contribution < 1.29 is 22.7 Å². The van der Waals surface area contributed by atoms with Crippen molar-refractivity contribution in [3.05, 3.63) is 66.2 Å². The van der Waals surface area contributed by atoms with E-state index < -0.39 is 20.6 Å². The Kier molecular flexibility index (Phi) is 6.80. The molecule has 0 saturated heterocycles. The Bertz CT molecular complexity index is 886. The number of hydrogen-bond acceptors (Lipinski definition) is 5. The van der Waals surface area contributed by atoms with E-state index in [1.165, 1.54) is 26.2 Å². The van der Waals surface area contributed by atoms with Gasteiger partial charge in [-0.25, -0.2) is 8.42 Å². The summed E-state index contributed by atoms with van der Waals surface area (Å²) in [6.45, 7) is 3.16. The van der Waals surface area contributed by atoms with Gasteiger partial charge in [-0.2, -0.15) is 0 Å². The van der Waals surface area contributed by atoms with Crippen LogP contribution in [0.2, 0.25) is 0 Å². The van der Waals surface area contributed by atoms with Crippen LogP contribution >= 0.6 is 0 Å². The summed E-state index contributed by atoms with van der Waals surface area (Å²) in [5.74, 6) is -0.228. The van der Waals surface area contributed by atoms with E-state index in [0.717, 1.165) is 5.56 Å². The van der Waals surface area contributed by atoms with Crippen LogP contribution in [-0.2, 0) is 19.4 Å². The maximum Gasteiger partial charge on any atom is 0.327 e. The molecule has 0 heterocycles. The van der Waals surface area contributed by atoms with Gasteiger partial charge in [0.25, 0.3) is 0 Å². The van der Waals surface area contributed by atoms with Gasteiger partial charge < -0.3 is 9.47 Å². The summed E-state index contributed by atoms with van der Waals surface area (Å²) in [5, 5.41) is 0. The van der Waals surface area contributed by atoms with Gasteiger partial charge in [0.2, 0.25) is 0 Å². The van der Waals surface area contributed by atoms with Gasteiger partial charge in [0.05, 0.1) is 18.6 Å². The molecule has 0 fully saturated rings. The molecule has 0 spiro atoms. The van der Waals surface area contributed by atoms with Crippen molar-refractivity contribution in [1.82, 2.24) is 0 Å². The molecule has 6 heteroatoms. The van der Waals surface area contributed by atoms with Gasteiger partial charge in [-0.1, -0.05) is 42.5 Å². The molecule has 0 amide bonds. The Morgan fingerprint density at radius 3 is 2.26 bits per heavy atom. The third-order valence-electron chi connectivity index (χ3n) is 4.29. The topological polar surface area (TPSA) is 69.7 Å². The largest absolute Gasteiger partial charge is 0.497 e. The molecule has 0 bridgehead atoms. The molecule has 0 radical (unpaired) electrons. The van der Waals surface area contributed by atoms with Crippen molar-refractivity contribution in [1.29, 1.82) is 0 Å². The first-order chi connectivity index (χ1) is 12.8. The number of esters is 1. The lowest BCUT2D eigenvalue weighted by atomic mass is 10.1. The lowest BCUT2D eigenvalue weighted by Gasteiger charge is -2.26. The standard InChI is InChI=1S/C21H24O5S/c1-4-26-20(22)21(2,16-8-11-17-9-6-5-7-10-17)27(23,24)19-14-12-18(25-3)13-15-19/h5-15H,4,16H2,1-3H3/b11-8+. The smallest absolute Gasteiger partial charge is 0.327 e. The third-order valence-corrected chi connectivity index (χ3v) is 6.70. The molecule has 0 aromatic heterocycles. The highest BCUT2D eigenvalue weighted by atomic mass is 32.2. The van der Waals surface area contributed by atoms with Gasteiger partial charge in [0.15, 0.2) is 14.6 Å². The number of benzene rings is 2. The van der Waals surface area contributed by atoms with Gasteiger partial charge in [0.1, 0.15) is 5.75 Å². The Labute approximate surface area is 160 Å². The van der Waals surface area contributed by atoms with Gasteiger partial charge >= 0.3 is 5.97 Å². The predicted octanol–water partition coefficient (Wildman–Crippen LogP) is 3.89. The lowest BCUT2D eigenvalue weighted by molar-refractivity contribution is -0.145. The minimum Gasteiger partial charge on any atom is -0.497 e. The molecule has 2 rings (SSSR count). The fraction of sp³-hybridized carbons (Fsp3) is 0.286. The van der Waals surface area contributed by atoms with E-state index in [-0.39, 0.29) is 17.9 Å². The van der Waals surface area contributed by atoms with E-state index in [1.54, 1.807) is 31.2 Å². The third kappa shape index (κ3) is 4.57. The van der Waals surface area contributed by atoms with Crippen LogP contribution in [0.15, 0.2) is 65.6 Å². The van der Waals surface area contributed by atoms with Crippen LogP contribution in [0.3, 0.4) is 0 Å². The predicted molar refractivity (Wildman–Crippen MR) is 105 cm³/mol. The average Bonchev–Trinajstić information content (AvgIpc) is 2.68. The van der Waals surface area contributed by atoms with Gasteiger partial charge in [-0.05, 0) is 50.1 Å². The van der Waals surface area contributed by atoms with Crippen molar-refractivity contribution in [2.75, 3.05) is 13.7 Å². The fourth-order valence-corrected chi connectivity index (χ4v) is 4.19. The SMILES string of the molecule is CCOC(=O)C(C)(C/C=C/c1ccccc1)S(=O)(=O)c1ccc(OC)cc1. The zero-order chi connectivity index (χ0) is 19.9. The number of ether oxygens (including phenoxy) is 2. The number of rotatable bonds is 8. The number of hydrogen-bond donors (Lipinski definition) is 0. The van der Waals surface area contributed by atoms with Crippen LogP contribution in [0, 0.1) is 0 Å². The highest BCUT2D eigenvalue weighted by Crippen LogP contribution is 2.32. The Balaban J connectivity index is 2.39. The Hall–Kier alpha value is -2.60. The van der Waals surface area contributed by atoms with Crippen molar-refractivity contribution in [2.45, 2.75) is 29.9 Å². The summed E-state index contributed by atoms with van der Waals surface area (Å²) in [4.78, 5) is 12.6. The molecule has 2 aromatic carbocycles. The fourth-order valence-electron chi connectivity index (χ4n) is 2.59. The van der Waals surface area contributed by atoms with Gasteiger partial charge in [-0.3, -0.25) is 4.79 Å². The molecule has 0 N–H and O–H groups in total. The van der Waals surface area contributed by atoms with Crippen LogP contribution in [0.5, 0.6) is 5.75 Å². The normalized spacial score (nSPS) is 13.9. The minimum atomic E-state index is -3.98. The van der Waals surface area contributed by atoms with Crippen molar-refractivity contribution >= 4 is 21.9 Å². The molecule has 144 valence electrons. The summed E-state index contributed by atoms with van der Waals surface area (Å²) in [6.07, 6.45) is 3.48. The van der Waals surface area contributed by atoms with E-state index in [0.29, 0.717) is 5.75 Å². The molecule has 1 atom stereocenters. The highest BCUT2D eigenvalue weighted by molar-refractivity contribution is 7.93. The van der Waals surface area contributed by atoms with Crippen molar-refractivity contribution in [3.63, 3.8) is 0 Å². The summed E-state index contributed by atoms with van der Waals surface area (Å²) >= 11 is 0. The summed E-state index contributed by atoms with van der Waals surface area (Å²) < 4.78 is 34.9. The molecule has 0 saturated carbocycles. The minimum absolute atomic E-state index is 0.00487. The van der Waals surface area contributed by atoms with Gasteiger partial charge in [0, 0.05) is 0 Å². The molecular formula is C21H24O5S. The second kappa shape index (κ2) is 8.86. The van der Waals surface area contributed by atoms with Gasteiger partial charge in [-0.15, -0.1) is 0 Å². The first-order valence-corrected chi connectivity index (χ1v) is 10.1. The average molecular weight is 388 g/mol.